The van der Waals surface area contributed by atoms with Crippen molar-refractivity contribution in [2.75, 3.05) is 0 Å². The van der Waals surface area contributed by atoms with Gasteiger partial charge in [0.05, 0.1) is 0 Å². The van der Waals surface area contributed by atoms with E-state index in [0.29, 0.717) is 12.8 Å². The van der Waals surface area contributed by atoms with Gasteiger partial charge in [-0.2, -0.15) is 0 Å². The van der Waals surface area contributed by atoms with E-state index in [2.05, 4.69) is 38.2 Å². The SMILES string of the molecule is CCCCCCCC/C=C\CCCCCCCC(=O)O.CCCCCCCC/C=C\CCCCCCCC(=O)O.[O-2].[O-2].[Ti+4]. The fourth-order valence-electron chi connectivity index (χ4n) is 4.69. The van der Waals surface area contributed by atoms with Gasteiger partial charge in [0, 0.05) is 12.8 Å². The van der Waals surface area contributed by atoms with Crippen LogP contribution in [0.2, 0.25) is 0 Å². The Morgan fingerprint density at radius 3 is 0.837 bits per heavy atom. The molecule has 0 aromatic heterocycles. The van der Waals surface area contributed by atoms with Crippen LogP contribution in [0, 0.1) is 0 Å². The summed E-state index contributed by atoms with van der Waals surface area (Å²) >= 11 is 0. The van der Waals surface area contributed by atoms with Gasteiger partial charge in [-0.05, 0) is 64.2 Å². The largest absolute Gasteiger partial charge is 4.00 e. The van der Waals surface area contributed by atoms with Crippen LogP contribution in [-0.4, -0.2) is 22.2 Å². The Labute approximate surface area is 281 Å². The van der Waals surface area contributed by atoms with Gasteiger partial charge in [0.25, 0.3) is 0 Å². The standard InChI is InChI=1S/2C18H34O2.2O.Ti/c2*1-2-3-4-5-6-7-8-9-10-11-12-13-14-15-16-17-18(19)20;;;/h2*9-10H,2-8,11-17H2,1H3,(H,19,20);;;/q;;2*-2;+4/b2*10-9-;;;. The van der Waals surface area contributed by atoms with Crippen LogP contribution in [0.15, 0.2) is 24.3 Å². The summed E-state index contributed by atoms with van der Waals surface area (Å²) in [5.74, 6) is -1.33. The summed E-state index contributed by atoms with van der Waals surface area (Å²) in [6, 6.07) is 0. The molecule has 0 spiro atoms. The van der Waals surface area contributed by atoms with Crippen molar-refractivity contribution < 1.29 is 52.5 Å². The van der Waals surface area contributed by atoms with Crippen LogP contribution in [0.25, 0.3) is 0 Å². The van der Waals surface area contributed by atoms with Gasteiger partial charge in [0.1, 0.15) is 0 Å². The van der Waals surface area contributed by atoms with E-state index >= 15 is 0 Å². The predicted octanol–water partition coefficient (Wildman–Crippen LogP) is 12.0. The fourth-order valence-corrected chi connectivity index (χ4v) is 4.69. The summed E-state index contributed by atoms with van der Waals surface area (Å²) in [4.78, 5) is 20.6. The predicted molar refractivity (Wildman–Crippen MR) is 176 cm³/mol. The van der Waals surface area contributed by atoms with Crippen molar-refractivity contribution in [1.82, 2.24) is 0 Å². The number of aliphatic carboxylic acids is 2. The van der Waals surface area contributed by atoms with Crippen molar-refractivity contribution in [3.05, 3.63) is 24.3 Å². The van der Waals surface area contributed by atoms with Gasteiger partial charge in [-0.3, -0.25) is 9.59 Å². The number of carboxylic acids is 2. The maximum absolute atomic E-state index is 10.3. The van der Waals surface area contributed by atoms with Crippen LogP contribution in [0.1, 0.15) is 194 Å². The molecule has 0 unspecified atom stereocenters. The quantitative estimate of drug-likeness (QED) is 0.0457. The Morgan fingerprint density at radius 2 is 0.605 bits per heavy atom. The third kappa shape index (κ3) is 57.3. The van der Waals surface area contributed by atoms with Crippen molar-refractivity contribution in [3.8, 4) is 0 Å². The fraction of sp³-hybridized carbons (Fsp3) is 0.833. The zero-order chi connectivity index (χ0) is 29.8. The summed E-state index contributed by atoms with van der Waals surface area (Å²) in [6.07, 6.45) is 42.5. The molecule has 0 fully saturated rings. The second-order valence-electron chi connectivity index (χ2n) is 11.5. The third-order valence-electron chi connectivity index (χ3n) is 7.30. The van der Waals surface area contributed by atoms with E-state index in [1.54, 1.807) is 0 Å². The summed E-state index contributed by atoms with van der Waals surface area (Å²) in [7, 11) is 0. The van der Waals surface area contributed by atoms with Crippen LogP contribution in [0.5, 0.6) is 0 Å². The molecule has 0 bridgehead atoms. The minimum absolute atomic E-state index is 0. The molecule has 7 heteroatoms. The molecule has 6 nitrogen and oxygen atoms in total. The smallest absolute Gasteiger partial charge is 2.00 e. The molecular weight excluding hydrogens is 576 g/mol. The van der Waals surface area contributed by atoms with E-state index in [0.717, 1.165) is 25.7 Å². The molecule has 0 saturated heterocycles. The van der Waals surface area contributed by atoms with Gasteiger partial charge in [0.15, 0.2) is 0 Å². The van der Waals surface area contributed by atoms with Crippen LogP contribution in [0.4, 0.5) is 0 Å². The first-order valence-electron chi connectivity index (χ1n) is 17.3. The second kappa shape index (κ2) is 48.0. The molecule has 0 aromatic carbocycles. The molecule has 43 heavy (non-hydrogen) atoms. The molecule has 0 aromatic rings. The van der Waals surface area contributed by atoms with E-state index in [1.165, 1.54) is 141 Å². The van der Waals surface area contributed by atoms with Crippen molar-refractivity contribution in [3.63, 3.8) is 0 Å². The average Bonchev–Trinajstić information content (AvgIpc) is 2.93. The van der Waals surface area contributed by atoms with Crippen molar-refractivity contribution in [2.24, 2.45) is 0 Å². The van der Waals surface area contributed by atoms with Gasteiger partial charge in [-0.15, -0.1) is 0 Å². The molecule has 0 atom stereocenters. The minimum atomic E-state index is -0.664. The molecule has 0 amide bonds. The number of carbonyl (C=O) groups is 2. The summed E-state index contributed by atoms with van der Waals surface area (Å²) in [6.45, 7) is 4.52. The van der Waals surface area contributed by atoms with Gasteiger partial charge >= 0.3 is 33.7 Å². The van der Waals surface area contributed by atoms with E-state index in [4.69, 9.17) is 10.2 Å². The normalized spacial score (nSPS) is 10.5. The van der Waals surface area contributed by atoms with Crippen LogP contribution in [-0.2, 0) is 42.3 Å². The number of carboxylic acid groups (broad SMARTS) is 2. The average molecular weight is 645 g/mol. The molecule has 2 N–H and O–H groups in total. The maximum atomic E-state index is 10.3. The Kier molecular flexibility index (Phi) is 57.6. The van der Waals surface area contributed by atoms with Gasteiger partial charge in [0.2, 0.25) is 0 Å². The number of rotatable bonds is 30. The van der Waals surface area contributed by atoms with Gasteiger partial charge in [-0.25, -0.2) is 0 Å². The molecule has 0 aliphatic carbocycles. The Bertz CT molecular complexity index is 530. The zero-order valence-electron chi connectivity index (χ0n) is 28.1. The van der Waals surface area contributed by atoms with E-state index in [9.17, 15) is 9.59 Å². The first kappa shape index (κ1) is 51.6. The molecule has 0 heterocycles. The zero-order valence-corrected chi connectivity index (χ0v) is 29.7. The first-order valence-corrected chi connectivity index (χ1v) is 17.3. The van der Waals surface area contributed by atoms with E-state index in [-0.39, 0.29) is 32.7 Å². The van der Waals surface area contributed by atoms with Gasteiger partial charge in [-0.1, -0.05) is 141 Å². The number of hydrogen-bond donors (Lipinski definition) is 2. The summed E-state index contributed by atoms with van der Waals surface area (Å²) in [5, 5.41) is 17.0. The molecule has 0 aliphatic rings. The van der Waals surface area contributed by atoms with Crippen molar-refractivity contribution in [1.29, 1.82) is 0 Å². The maximum Gasteiger partial charge on any atom is 4.00 e. The first-order chi connectivity index (χ1) is 19.5. The van der Waals surface area contributed by atoms with Crippen LogP contribution < -0.4 is 0 Å². The van der Waals surface area contributed by atoms with E-state index in [1.807, 2.05) is 0 Å². The molecular formula is C36H68O6Ti. The van der Waals surface area contributed by atoms with Crippen molar-refractivity contribution in [2.45, 2.75) is 194 Å². The monoisotopic (exact) mass is 644 g/mol. The number of allylic oxidation sites excluding steroid dienone is 4. The van der Waals surface area contributed by atoms with Gasteiger partial charge < -0.3 is 21.2 Å². The molecule has 0 rings (SSSR count). The second-order valence-corrected chi connectivity index (χ2v) is 11.5. The Morgan fingerprint density at radius 1 is 0.395 bits per heavy atom. The molecule has 0 radical (unpaired) electrons. The van der Waals surface area contributed by atoms with Crippen LogP contribution in [0.3, 0.4) is 0 Å². The third-order valence-corrected chi connectivity index (χ3v) is 7.30. The number of unbranched alkanes of at least 4 members (excludes halogenated alkanes) is 22. The summed E-state index contributed by atoms with van der Waals surface area (Å²) in [5.41, 5.74) is 0. The van der Waals surface area contributed by atoms with Crippen LogP contribution >= 0.6 is 0 Å². The van der Waals surface area contributed by atoms with Crippen molar-refractivity contribution >= 4 is 11.9 Å². The van der Waals surface area contributed by atoms with E-state index < -0.39 is 11.9 Å². The molecule has 252 valence electrons. The topological polar surface area (TPSA) is 132 Å². The summed E-state index contributed by atoms with van der Waals surface area (Å²) < 4.78 is 0. The Balaban J connectivity index is -0.000000209. The molecule has 0 aliphatic heterocycles. The number of hydrogen-bond acceptors (Lipinski definition) is 2. The Hall–Kier alpha value is -0.946. The molecule has 0 saturated carbocycles. The minimum Gasteiger partial charge on any atom is -2.00 e.